The predicted molar refractivity (Wildman–Crippen MR) is 316 cm³/mol. The normalized spacial score (nSPS) is 13.7. The minimum Gasteiger partial charge on any atom is -0.394 e. The summed E-state index contributed by atoms with van der Waals surface area (Å²) in [4.78, 5) is 12.6. The first-order valence-electron chi connectivity index (χ1n) is 32.7. The van der Waals surface area contributed by atoms with Crippen LogP contribution in [0.5, 0.6) is 0 Å². The summed E-state index contributed by atoms with van der Waals surface area (Å²) < 4.78 is 0. The molecule has 72 heavy (non-hydrogen) atoms. The van der Waals surface area contributed by atoms with E-state index in [1.807, 2.05) is 0 Å². The van der Waals surface area contributed by atoms with Gasteiger partial charge in [-0.05, 0) is 64.2 Å². The highest BCUT2D eigenvalue weighted by Gasteiger charge is 2.28. The summed E-state index contributed by atoms with van der Waals surface area (Å²) in [6, 6.07) is -1.00. The number of carbonyl (C=O) groups excluding carboxylic acids is 1. The Morgan fingerprint density at radius 2 is 0.569 bits per heavy atom. The minimum atomic E-state index is -1.28. The van der Waals surface area contributed by atoms with Gasteiger partial charge in [-0.15, -0.1) is 0 Å². The second-order valence-electron chi connectivity index (χ2n) is 22.8. The maximum absolute atomic E-state index is 12.6. The summed E-state index contributed by atoms with van der Waals surface area (Å²) in [6.07, 6.45) is 75.8. The molecule has 0 aliphatic carbocycles. The fourth-order valence-corrected chi connectivity index (χ4v) is 10.5. The molecule has 0 radical (unpaired) electrons. The summed E-state index contributed by atoms with van der Waals surface area (Å²) in [6.45, 7) is 4.09. The Kier molecular flexibility index (Phi) is 59.6. The molecule has 428 valence electrons. The molecular formula is C66H129NO5. The van der Waals surface area contributed by atoms with Gasteiger partial charge < -0.3 is 25.7 Å². The number of amides is 1. The zero-order chi connectivity index (χ0) is 52.3. The molecule has 1 amide bonds. The van der Waals surface area contributed by atoms with Crippen LogP contribution in [0.25, 0.3) is 0 Å². The number of rotatable bonds is 61. The molecule has 0 aromatic heterocycles. The van der Waals surface area contributed by atoms with Gasteiger partial charge in [0.2, 0.25) is 5.91 Å². The maximum Gasteiger partial charge on any atom is 0.249 e. The van der Waals surface area contributed by atoms with Gasteiger partial charge in [0.1, 0.15) is 12.2 Å². The minimum absolute atomic E-state index is 0.366. The molecule has 0 rings (SSSR count). The Labute approximate surface area is 450 Å². The third-order valence-electron chi connectivity index (χ3n) is 15.6. The van der Waals surface area contributed by atoms with Gasteiger partial charge in [0.25, 0.3) is 0 Å². The molecule has 0 aromatic carbocycles. The van der Waals surface area contributed by atoms with Crippen molar-refractivity contribution in [2.24, 2.45) is 0 Å². The van der Waals surface area contributed by atoms with Gasteiger partial charge in [-0.3, -0.25) is 4.79 Å². The highest BCUT2D eigenvalue weighted by molar-refractivity contribution is 5.80. The number of hydrogen-bond acceptors (Lipinski definition) is 5. The van der Waals surface area contributed by atoms with Gasteiger partial charge in [-0.1, -0.05) is 321 Å². The summed E-state index contributed by atoms with van der Waals surface area (Å²) in [5, 5.41) is 44.1. The molecule has 0 fully saturated rings. The van der Waals surface area contributed by atoms with Crippen LogP contribution in [0.2, 0.25) is 0 Å². The van der Waals surface area contributed by atoms with Crippen LogP contribution >= 0.6 is 0 Å². The average molecular weight is 1020 g/mol. The number of allylic oxidation sites excluding steroid dienone is 4. The van der Waals surface area contributed by atoms with Crippen LogP contribution in [0.15, 0.2) is 24.3 Å². The van der Waals surface area contributed by atoms with Crippen LogP contribution in [0.1, 0.15) is 361 Å². The standard InChI is InChI=1S/C66H129NO5/c1-3-5-7-9-11-13-15-17-19-21-23-25-26-27-28-29-30-31-32-33-34-35-36-37-38-39-40-42-44-46-48-50-52-54-56-58-60-64(70)66(72)67-62(61-68)65(71)63(69)59-57-55-53-51-49-47-45-43-41-24-22-20-18-16-14-12-10-8-6-4-2/h31-32,51,53,62-65,68-71H,3-30,33-50,52,54-61H2,1-2H3,(H,67,72)/b32-31-,53-51+. The van der Waals surface area contributed by atoms with Crippen LogP contribution in [0, 0.1) is 0 Å². The lowest BCUT2D eigenvalue weighted by molar-refractivity contribution is -0.132. The van der Waals surface area contributed by atoms with Crippen molar-refractivity contribution in [3.8, 4) is 0 Å². The van der Waals surface area contributed by atoms with Gasteiger partial charge in [0.05, 0.1) is 18.8 Å². The smallest absolute Gasteiger partial charge is 0.249 e. The van der Waals surface area contributed by atoms with Gasteiger partial charge in [0, 0.05) is 0 Å². The van der Waals surface area contributed by atoms with Crippen LogP contribution in [-0.2, 0) is 4.79 Å². The van der Waals surface area contributed by atoms with Crippen LogP contribution in [0.3, 0.4) is 0 Å². The molecule has 0 aliphatic rings. The average Bonchev–Trinajstić information content (AvgIpc) is 3.39. The molecule has 6 nitrogen and oxygen atoms in total. The number of hydrogen-bond donors (Lipinski definition) is 5. The van der Waals surface area contributed by atoms with Crippen molar-refractivity contribution in [3.05, 3.63) is 24.3 Å². The van der Waals surface area contributed by atoms with Gasteiger partial charge in [-0.2, -0.15) is 0 Å². The third-order valence-corrected chi connectivity index (χ3v) is 15.6. The van der Waals surface area contributed by atoms with E-state index in [0.29, 0.717) is 12.8 Å². The summed E-state index contributed by atoms with van der Waals surface area (Å²) in [7, 11) is 0. The van der Waals surface area contributed by atoms with Crippen molar-refractivity contribution in [1.29, 1.82) is 0 Å². The van der Waals surface area contributed by atoms with Crippen molar-refractivity contribution in [3.63, 3.8) is 0 Å². The van der Waals surface area contributed by atoms with E-state index in [2.05, 4.69) is 43.5 Å². The Balaban J connectivity index is 3.54. The molecule has 4 atom stereocenters. The number of carbonyl (C=O) groups is 1. The van der Waals surface area contributed by atoms with E-state index in [-0.39, 0.29) is 0 Å². The van der Waals surface area contributed by atoms with Crippen molar-refractivity contribution < 1.29 is 25.2 Å². The third kappa shape index (κ3) is 53.6. The van der Waals surface area contributed by atoms with Crippen molar-refractivity contribution in [2.75, 3.05) is 6.61 Å². The van der Waals surface area contributed by atoms with E-state index in [1.165, 1.54) is 295 Å². The number of aliphatic hydroxyl groups is 4. The van der Waals surface area contributed by atoms with Crippen LogP contribution < -0.4 is 5.32 Å². The molecule has 0 bridgehead atoms. The molecule has 5 N–H and O–H groups in total. The fourth-order valence-electron chi connectivity index (χ4n) is 10.5. The Morgan fingerprint density at radius 3 is 0.833 bits per heavy atom. The van der Waals surface area contributed by atoms with Crippen molar-refractivity contribution >= 4 is 5.91 Å². The van der Waals surface area contributed by atoms with Crippen LogP contribution in [0.4, 0.5) is 0 Å². The van der Waals surface area contributed by atoms with Gasteiger partial charge in [-0.25, -0.2) is 0 Å². The Bertz CT molecular complexity index is 1100. The summed E-state index contributed by atoms with van der Waals surface area (Å²) in [5.41, 5.74) is 0. The van der Waals surface area contributed by atoms with Crippen LogP contribution in [-0.4, -0.2) is 57.3 Å². The van der Waals surface area contributed by atoms with E-state index in [0.717, 1.165) is 38.5 Å². The SMILES string of the molecule is CCCCCCCCCCCCCCCCC/C=C/CCCC(O)C(O)C(CO)NC(=O)C(O)CCCCCCCCCCCCCCCCCC/C=C\CCCCCCCCCCCCCCCCCC. The molecule has 0 spiro atoms. The highest BCUT2D eigenvalue weighted by atomic mass is 16.3. The molecule has 0 saturated heterocycles. The molecule has 0 saturated carbocycles. The van der Waals surface area contributed by atoms with Gasteiger partial charge >= 0.3 is 0 Å². The van der Waals surface area contributed by atoms with E-state index in [4.69, 9.17) is 0 Å². The monoisotopic (exact) mass is 1020 g/mol. The van der Waals surface area contributed by atoms with E-state index in [1.54, 1.807) is 0 Å². The van der Waals surface area contributed by atoms with Gasteiger partial charge in [0.15, 0.2) is 0 Å². The van der Waals surface area contributed by atoms with Crippen molar-refractivity contribution in [1.82, 2.24) is 5.32 Å². The first-order valence-corrected chi connectivity index (χ1v) is 32.7. The molecule has 0 aliphatic heterocycles. The zero-order valence-electron chi connectivity index (χ0n) is 48.7. The first kappa shape index (κ1) is 70.8. The lowest BCUT2D eigenvalue weighted by Gasteiger charge is -2.27. The Morgan fingerprint density at radius 1 is 0.333 bits per heavy atom. The lowest BCUT2D eigenvalue weighted by Crippen LogP contribution is -2.53. The number of unbranched alkanes of at least 4 members (excludes halogenated alkanes) is 48. The molecular weight excluding hydrogens is 887 g/mol. The second kappa shape index (κ2) is 60.7. The quantitative estimate of drug-likeness (QED) is 0.0308. The highest BCUT2D eigenvalue weighted by Crippen LogP contribution is 2.19. The molecule has 4 unspecified atom stereocenters. The largest absolute Gasteiger partial charge is 0.394 e. The molecule has 0 aromatic rings. The lowest BCUT2D eigenvalue weighted by atomic mass is 10.00. The summed E-state index contributed by atoms with van der Waals surface area (Å²) >= 11 is 0. The topological polar surface area (TPSA) is 110 Å². The van der Waals surface area contributed by atoms with E-state index < -0.39 is 36.9 Å². The van der Waals surface area contributed by atoms with E-state index >= 15 is 0 Å². The first-order chi connectivity index (χ1) is 35.5. The fraction of sp³-hybridized carbons (Fsp3) is 0.924. The van der Waals surface area contributed by atoms with Crippen molar-refractivity contribution in [2.45, 2.75) is 385 Å². The summed E-state index contributed by atoms with van der Waals surface area (Å²) in [5.74, 6) is -0.587. The predicted octanol–water partition coefficient (Wildman–Crippen LogP) is 19.8. The second-order valence-corrected chi connectivity index (χ2v) is 22.8. The molecule has 0 heterocycles. The number of aliphatic hydroxyl groups excluding tert-OH is 4. The maximum atomic E-state index is 12.6. The molecule has 6 heteroatoms. The number of nitrogens with one attached hydrogen (secondary N) is 1. The zero-order valence-corrected chi connectivity index (χ0v) is 48.7. The van der Waals surface area contributed by atoms with E-state index in [9.17, 15) is 25.2 Å². The Hall–Kier alpha value is -1.21.